The Hall–Kier alpha value is -3.44. The molecule has 4 aromatic rings. The summed E-state index contributed by atoms with van der Waals surface area (Å²) in [6, 6.07) is 16.1. The molecule has 1 aliphatic heterocycles. The zero-order chi connectivity index (χ0) is 22.6. The highest BCUT2D eigenvalue weighted by atomic mass is 35.5. The molecule has 5 rings (SSSR count). The maximum Gasteiger partial charge on any atom is 0.291 e. The van der Waals surface area contributed by atoms with E-state index < -0.39 is 6.04 Å². The molecule has 1 unspecified atom stereocenters. The number of benzene rings is 3. The van der Waals surface area contributed by atoms with Gasteiger partial charge in [0, 0.05) is 11.6 Å². The van der Waals surface area contributed by atoms with Crippen molar-refractivity contribution in [3.63, 3.8) is 0 Å². The number of carbonyl (C=O) groups excluding carboxylic acids is 1. The molecule has 1 aliphatic rings. The third-order valence-corrected chi connectivity index (χ3v) is 6.10. The van der Waals surface area contributed by atoms with E-state index in [-0.39, 0.29) is 29.5 Å². The van der Waals surface area contributed by atoms with Crippen LogP contribution in [0.5, 0.6) is 0 Å². The van der Waals surface area contributed by atoms with Crippen LogP contribution in [-0.2, 0) is 6.54 Å². The lowest BCUT2D eigenvalue weighted by Crippen LogP contribution is -2.29. The summed E-state index contributed by atoms with van der Waals surface area (Å²) in [5.41, 5.74) is 3.76. The van der Waals surface area contributed by atoms with Crippen molar-refractivity contribution in [1.29, 1.82) is 0 Å². The van der Waals surface area contributed by atoms with Gasteiger partial charge >= 0.3 is 0 Å². The van der Waals surface area contributed by atoms with Crippen LogP contribution in [0.2, 0.25) is 5.02 Å². The molecule has 0 aliphatic carbocycles. The van der Waals surface area contributed by atoms with Gasteiger partial charge in [-0.05, 0) is 66.4 Å². The Kier molecular flexibility index (Phi) is 4.86. The van der Waals surface area contributed by atoms with E-state index in [1.165, 1.54) is 12.1 Å². The van der Waals surface area contributed by atoms with Crippen molar-refractivity contribution in [1.82, 2.24) is 4.90 Å². The average Bonchev–Trinajstić information content (AvgIpc) is 3.03. The molecule has 0 bridgehead atoms. The minimum absolute atomic E-state index is 0.0523. The summed E-state index contributed by atoms with van der Waals surface area (Å²) in [6.45, 7) is 3.98. The molecule has 0 saturated carbocycles. The highest BCUT2D eigenvalue weighted by Crippen LogP contribution is 2.39. The lowest BCUT2D eigenvalue weighted by Gasteiger charge is -2.25. The van der Waals surface area contributed by atoms with Crippen LogP contribution >= 0.6 is 11.6 Å². The lowest BCUT2D eigenvalue weighted by molar-refractivity contribution is 0.0714. The Morgan fingerprint density at radius 3 is 2.38 bits per heavy atom. The molecule has 0 fully saturated rings. The highest BCUT2D eigenvalue weighted by Gasteiger charge is 2.42. The molecule has 1 atom stereocenters. The van der Waals surface area contributed by atoms with E-state index in [9.17, 15) is 14.0 Å². The predicted molar refractivity (Wildman–Crippen MR) is 122 cm³/mol. The molecule has 3 aromatic carbocycles. The summed E-state index contributed by atoms with van der Waals surface area (Å²) in [7, 11) is 0. The Labute approximate surface area is 188 Å². The van der Waals surface area contributed by atoms with Crippen LogP contribution in [0, 0.1) is 19.7 Å². The van der Waals surface area contributed by atoms with Gasteiger partial charge < -0.3 is 9.32 Å². The van der Waals surface area contributed by atoms with E-state index >= 15 is 0 Å². The molecule has 0 radical (unpaired) electrons. The summed E-state index contributed by atoms with van der Waals surface area (Å²) >= 11 is 6.08. The van der Waals surface area contributed by atoms with Gasteiger partial charge in [-0.2, -0.15) is 0 Å². The molecule has 6 heteroatoms. The zero-order valence-electron chi connectivity index (χ0n) is 17.5. The second-order valence-corrected chi connectivity index (χ2v) is 8.58. The number of fused-ring (bicyclic) bond motifs is 2. The summed E-state index contributed by atoms with van der Waals surface area (Å²) in [5.74, 6) is -0.673. The van der Waals surface area contributed by atoms with Gasteiger partial charge in [0.25, 0.3) is 5.91 Å². The molecule has 0 spiro atoms. The topological polar surface area (TPSA) is 50.5 Å². The second-order valence-electron chi connectivity index (χ2n) is 8.15. The number of hydrogen-bond donors (Lipinski definition) is 0. The predicted octanol–water partition coefficient (Wildman–Crippen LogP) is 5.95. The molecule has 0 N–H and O–H groups in total. The summed E-state index contributed by atoms with van der Waals surface area (Å²) in [5, 5.41) is 1.01. The van der Waals surface area contributed by atoms with Crippen molar-refractivity contribution in [2.45, 2.75) is 26.4 Å². The fourth-order valence-electron chi connectivity index (χ4n) is 4.42. The largest absolute Gasteiger partial charge is 0.450 e. The van der Waals surface area contributed by atoms with Crippen molar-refractivity contribution in [2.24, 2.45) is 0 Å². The molecule has 32 heavy (non-hydrogen) atoms. The minimum Gasteiger partial charge on any atom is -0.450 e. The number of carbonyl (C=O) groups is 1. The quantitative estimate of drug-likeness (QED) is 0.390. The minimum atomic E-state index is -0.638. The van der Waals surface area contributed by atoms with Gasteiger partial charge in [-0.15, -0.1) is 0 Å². The standard InChI is InChI=1S/C26H19ClFNO3/c1-14-11-15(2)24-20(12-14)23(30)21-22(17-5-7-18(27)8-6-17)29(26(31)25(21)32-24)13-16-3-9-19(28)10-4-16/h3-12,22H,13H2,1-2H3. The van der Waals surface area contributed by atoms with Crippen molar-refractivity contribution in [3.05, 3.63) is 115 Å². The Bertz CT molecular complexity index is 1430. The van der Waals surface area contributed by atoms with Crippen molar-refractivity contribution in [2.75, 3.05) is 0 Å². The summed E-state index contributed by atoms with van der Waals surface area (Å²) in [4.78, 5) is 28.7. The number of amides is 1. The van der Waals surface area contributed by atoms with Crippen LogP contribution in [-0.4, -0.2) is 10.8 Å². The van der Waals surface area contributed by atoms with Gasteiger partial charge in [-0.25, -0.2) is 4.39 Å². The van der Waals surface area contributed by atoms with Crippen molar-refractivity contribution in [3.8, 4) is 0 Å². The molecular weight excluding hydrogens is 429 g/mol. The third kappa shape index (κ3) is 3.30. The third-order valence-electron chi connectivity index (χ3n) is 5.85. The van der Waals surface area contributed by atoms with Crippen LogP contribution in [0.25, 0.3) is 11.0 Å². The zero-order valence-corrected chi connectivity index (χ0v) is 18.2. The maximum absolute atomic E-state index is 13.6. The molecule has 2 heterocycles. The van der Waals surface area contributed by atoms with Gasteiger partial charge in [0.15, 0.2) is 5.43 Å². The highest BCUT2D eigenvalue weighted by molar-refractivity contribution is 6.30. The van der Waals surface area contributed by atoms with E-state index in [1.54, 1.807) is 47.4 Å². The van der Waals surface area contributed by atoms with Gasteiger partial charge in [0.1, 0.15) is 11.4 Å². The first-order valence-electron chi connectivity index (χ1n) is 10.2. The van der Waals surface area contributed by atoms with Crippen LogP contribution in [0.1, 0.15) is 44.4 Å². The number of rotatable bonds is 3. The van der Waals surface area contributed by atoms with Gasteiger partial charge in [0.05, 0.1) is 17.0 Å². The fourth-order valence-corrected chi connectivity index (χ4v) is 4.54. The maximum atomic E-state index is 13.6. The monoisotopic (exact) mass is 447 g/mol. The Morgan fingerprint density at radius 2 is 1.69 bits per heavy atom. The Balaban J connectivity index is 1.74. The summed E-state index contributed by atoms with van der Waals surface area (Å²) < 4.78 is 19.5. The van der Waals surface area contributed by atoms with E-state index in [0.717, 1.165) is 22.3 Å². The lowest BCUT2D eigenvalue weighted by atomic mass is 9.97. The van der Waals surface area contributed by atoms with Crippen LogP contribution in [0.15, 0.2) is 69.9 Å². The molecule has 0 saturated heterocycles. The van der Waals surface area contributed by atoms with Crippen molar-refractivity contribution >= 4 is 28.5 Å². The average molecular weight is 448 g/mol. The van der Waals surface area contributed by atoms with Gasteiger partial charge in [-0.1, -0.05) is 41.9 Å². The van der Waals surface area contributed by atoms with E-state index in [4.69, 9.17) is 16.0 Å². The number of nitrogens with zero attached hydrogens (tertiary/aromatic N) is 1. The summed E-state index contributed by atoms with van der Waals surface area (Å²) in [6.07, 6.45) is 0. The number of aryl methyl sites for hydroxylation is 2. The molecule has 160 valence electrons. The van der Waals surface area contributed by atoms with Crippen molar-refractivity contribution < 1.29 is 13.6 Å². The smallest absolute Gasteiger partial charge is 0.291 e. The normalized spacial score (nSPS) is 15.4. The van der Waals surface area contributed by atoms with E-state index in [1.807, 2.05) is 19.9 Å². The van der Waals surface area contributed by atoms with E-state index in [0.29, 0.717) is 21.6 Å². The number of halogens is 2. The van der Waals surface area contributed by atoms with Crippen LogP contribution in [0.3, 0.4) is 0 Å². The fraction of sp³-hybridized carbons (Fsp3) is 0.154. The van der Waals surface area contributed by atoms with Gasteiger partial charge in [0.2, 0.25) is 5.76 Å². The van der Waals surface area contributed by atoms with Crippen LogP contribution in [0.4, 0.5) is 4.39 Å². The second kappa shape index (κ2) is 7.61. The first-order valence-corrected chi connectivity index (χ1v) is 10.6. The van der Waals surface area contributed by atoms with Gasteiger partial charge in [-0.3, -0.25) is 9.59 Å². The Morgan fingerprint density at radius 1 is 1.00 bits per heavy atom. The van der Waals surface area contributed by atoms with E-state index in [2.05, 4.69) is 0 Å². The molecule has 1 amide bonds. The first-order chi connectivity index (χ1) is 15.3. The van der Waals surface area contributed by atoms with Crippen LogP contribution < -0.4 is 5.43 Å². The molecule has 1 aromatic heterocycles. The molecule has 4 nitrogen and oxygen atoms in total. The molecular formula is C26H19ClFNO3. The number of hydrogen-bond acceptors (Lipinski definition) is 3. The SMILES string of the molecule is Cc1cc(C)c2oc3c(c(=O)c2c1)C(c1ccc(Cl)cc1)N(Cc1ccc(F)cc1)C3=O. The first kappa shape index (κ1) is 20.5.